The number of nitrogens with one attached hydrogen (secondary N) is 1. The molecule has 2 aliphatic heterocycles. The van der Waals surface area contributed by atoms with Gasteiger partial charge in [0.05, 0.1) is 23.6 Å². The Kier molecular flexibility index (Phi) is 8.57. The Hall–Kier alpha value is -2.55. The van der Waals surface area contributed by atoms with Crippen LogP contribution < -0.4 is 14.4 Å². The number of carbonyl (C=O) groups is 1. The lowest BCUT2D eigenvalue weighted by Gasteiger charge is -2.45. The number of aliphatic hydroxyl groups is 1. The fourth-order valence-electron chi connectivity index (χ4n) is 7.83. The summed E-state index contributed by atoms with van der Waals surface area (Å²) in [6.07, 6.45) is 9.79. The highest BCUT2D eigenvalue weighted by Crippen LogP contribution is 2.46. The highest BCUT2D eigenvalue weighted by molar-refractivity contribution is 7.90. The number of anilines is 1. The van der Waals surface area contributed by atoms with Gasteiger partial charge in [-0.3, -0.25) is 4.79 Å². The molecule has 0 saturated heterocycles. The predicted molar refractivity (Wildman–Crippen MR) is 170 cm³/mol. The molecular weight excluding hydrogens is 584 g/mol. The number of halogens is 1. The molecule has 6 rings (SSSR count). The van der Waals surface area contributed by atoms with Gasteiger partial charge in [-0.2, -0.15) is 0 Å². The number of nitrogens with zero attached hydrogens (tertiary/aromatic N) is 1. The van der Waals surface area contributed by atoms with Crippen LogP contribution >= 0.6 is 11.6 Å². The number of hydrogen-bond donors (Lipinski definition) is 2. The second-order valence-electron chi connectivity index (χ2n) is 13.2. The lowest BCUT2D eigenvalue weighted by atomic mass is 9.68. The largest absolute Gasteiger partial charge is 0.490 e. The van der Waals surface area contributed by atoms with Crippen molar-refractivity contribution in [2.24, 2.45) is 17.8 Å². The third-order valence-corrected chi connectivity index (χ3v) is 12.6. The molecule has 6 atom stereocenters. The van der Waals surface area contributed by atoms with Crippen LogP contribution in [0, 0.1) is 17.8 Å². The van der Waals surface area contributed by atoms with Gasteiger partial charge < -0.3 is 14.7 Å². The van der Waals surface area contributed by atoms with Gasteiger partial charge in [-0.15, -0.1) is 0 Å². The first-order valence-electron chi connectivity index (χ1n) is 15.8. The quantitative estimate of drug-likeness (QED) is 0.396. The molecule has 0 radical (unpaired) electrons. The molecule has 9 heteroatoms. The standard InChI is InChI=1S/C34H43ClN2O5S/c1-3-6-32-22(2)7-4-9-30(38)27-13-10-25(27)19-37-20-34(16-5-8-23-17-26(35)12-14-28(23)34)21-42-31-15-11-24(18-29(31)37)33(39)36-43(32,40)41/h4,9,11-12,14-15,17-18,22,25,27,30,32,38H,3,5-8,10,13,16,19-21H2,1-2H3,(H,36,39)/b9-4+/t22-,25?,27?,30?,32?,34+/m1/s1. The number of aliphatic hydroxyl groups excluding tert-OH is 1. The van der Waals surface area contributed by atoms with E-state index < -0.39 is 27.3 Å². The molecule has 7 nitrogen and oxygen atoms in total. The number of benzene rings is 2. The molecule has 2 bridgehead atoms. The van der Waals surface area contributed by atoms with E-state index in [0.717, 1.165) is 49.4 Å². The smallest absolute Gasteiger partial charge is 0.264 e. The van der Waals surface area contributed by atoms with E-state index >= 15 is 0 Å². The number of hydrogen-bond acceptors (Lipinski definition) is 6. The van der Waals surface area contributed by atoms with E-state index in [0.29, 0.717) is 43.7 Å². The maximum Gasteiger partial charge on any atom is 0.264 e. The molecule has 43 heavy (non-hydrogen) atoms. The molecule has 4 unspecified atom stereocenters. The highest BCUT2D eigenvalue weighted by atomic mass is 35.5. The molecule has 2 aromatic rings. The van der Waals surface area contributed by atoms with Gasteiger partial charge in [-0.25, -0.2) is 13.1 Å². The highest BCUT2D eigenvalue weighted by Gasteiger charge is 2.44. The molecule has 2 heterocycles. The average molecular weight is 627 g/mol. The van der Waals surface area contributed by atoms with Gasteiger partial charge in [-0.05, 0) is 104 Å². The summed E-state index contributed by atoms with van der Waals surface area (Å²) < 4.78 is 36.0. The molecule has 1 fully saturated rings. The first kappa shape index (κ1) is 30.5. The number of fused-ring (bicyclic) bond motifs is 4. The summed E-state index contributed by atoms with van der Waals surface area (Å²) in [5.74, 6) is 0.271. The third-order valence-electron chi connectivity index (χ3n) is 10.4. The molecule has 2 aliphatic carbocycles. The van der Waals surface area contributed by atoms with Crippen LogP contribution in [0.1, 0.15) is 80.3 Å². The molecular formula is C34H43ClN2O5S. The van der Waals surface area contributed by atoms with Crippen LogP contribution in [0.15, 0.2) is 48.6 Å². The topological polar surface area (TPSA) is 95.9 Å². The van der Waals surface area contributed by atoms with E-state index in [1.807, 2.05) is 32.1 Å². The van der Waals surface area contributed by atoms with Crippen LogP contribution in [0.3, 0.4) is 0 Å². The third kappa shape index (κ3) is 5.95. The number of allylic oxidation sites excluding steroid dienone is 1. The first-order chi connectivity index (χ1) is 20.6. The number of aryl methyl sites for hydroxylation is 1. The number of amides is 1. The van der Waals surface area contributed by atoms with Gasteiger partial charge >= 0.3 is 0 Å². The lowest BCUT2D eigenvalue weighted by molar-refractivity contribution is 0.0455. The number of rotatable bonds is 2. The van der Waals surface area contributed by atoms with Gasteiger partial charge in [0.25, 0.3) is 5.91 Å². The van der Waals surface area contributed by atoms with E-state index in [4.69, 9.17) is 16.3 Å². The van der Waals surface area contributed by atoms with Crippen LogP contribution in [0.2, 0.25) is 5.02 Å². The summed E-state index contributed by atoms with van der Waals surface area (Å²) >= 11 is 6.39. The number of sulfonamides is 1. The summed E-state index contributed by atoms with van der Waals surface area (Å²) in [7, 11) is -3.93. The van der Waals surface area contributed by atoms with E-state index in [-0.39, 0.29) is 23.2 Å². The van der Waals surface area contributed by atoms with Crippen molar-refractivity contribution >= 4 is 33.2 Å². The first-order valence-corrected chi connectivity index (χ1v) is 17.7. The summed E-state index contributed by atoms with van der Waals surface area (Å²) in [6, 6.07) is 11.4. The van der Waals surface area contributed by atoms with Gasteiger partial charge in [0.1, 0.15) is 5.75 Å². The Morgan fingerprint density at radius 2 is 2.02 bits per heavy atom. The minimum absolute atomic E-state index is 0.127. The Balaban J connectivity index is 1.42. The zero-order valence-electron chi connectivity index (χ0n) is 25.1. The van der Waals surface area contributed by atoms with Crippen molar-refractivity contribution in [3.8, 4) is 5.75 Å². The summed E-state index contributed by atoms with van der Waals surface area (Å²) in [4.78, 5) is 15.8. The Morgan fingerprint density at radius 3 is 2.79 bits per heavy atom. The predicted octanol–water partition coefficient (Wildman–Crippen LogP) is 6.02. The van der Waals surface area contributed by atoms with Crippen molar-refractivity contribution < 1.29 is 23.1 Å². The van der Waals surface area contributed by atoms with Crippen LogP contribution in [0.5, 0.6) is 5.75 Å². The van der Waals surface area contributed by atoms with Gasteiger partial charge in [0.15, 0.2) is 0 Å². The molecule has 1 amide bonds. The summed E-state index contributed by atoms with van der Waals surface area (Å²) in [5.41, 5.74) is 3.35. The number of ether oxygens (including phenoxy) is 1. The molecule has 2 N–H and O–H groups in total. The Morgan fingerprint density at radius 1 is 1.19 bits per heavy atom. The van der Waals surface area contributed by atoms with Crippen LogP contribution in [0.25, 0.3) is 0 Å². The molecule has 1 saturated carbocycles. The summed E-state index contributed by atoms with van der Waals surface area (Å²) in [6.45, 7) is 5.77. The monoisotopic (exact) mass is 626 g/mol. The minimum atomic E-state index is -3.93. The zero-order chi connectivity index (χ0) is 30.4. The Bertz CT molecular complexity index is 1510. The van der Waals surface area contributed by atoms with Crippen molar-refractivity contribution in [2.75, 3.05) is 24.6 Å². The SMILES string of the molecule is CCCC1[C@H](C)C/C=C/C(O)C2CCC2CN2C[C@@]3(CCCc4cc(Cl)ccc43)COc3ccc(cc32)C(=O)NS1(=O)=O. The van der Waals surface area contributed by atoms with Gasteiger partial charge in [-0.1, -0.05) is 50.1 Å². The second-order valence-corrected chi connectivity index (χ2v) is 15.6. The lowest BCUT2D eigenvalue weighted by Crippen LogP contribution is -2.49. The fraction of sp³-hybridized carbons (Fsp3) is 0.559. The van der Waals surface area contributed by atoms with E-state index in [9.17, 15) is 18.3 Å². The van der Waals surface area contributed by atoms with Crippen LogP contribution in [0.4, 0.5) is 5.69 Å². The van der Waals surface area contributed by atoms with Crippen molar-refractivity contribution in [3.05, 3.63) is 70.3 Å². The fourth-order valence-corrected chi connectivity index (χ4v) is 9.82. The zero-order valence-corrected chi connectivity index (χ0v) is 26.7. The summed E-state index contributed by atoms with van der Waals surface area (Å²) in [5, 5.41) is 11.2. The molecule has 0 aromatic heterocycles. The molecule has 1 spiro atoms. The van der Waals surface area contributed by atoms with E-state index in [1.165, 1.54) is 11.1 Å². The van der Waals surface area contributed by atoms with Crippen molar-refractivity contribution in [2.45, 2.75) is 82.0 Å². The van der Waals surface area contributed by atoms with Crippen molar-refractivity contribution in [1.29, 1.82) is 0 Å². The van der Waals surface area contributed by atoms with Crippen LogP contribution in [-0.2, 0) is 21.9 Å². The number of carbonyl (C=O) groups excluding carboxylic acids is 1. The maximum atomic E-state index is 13.5. The van der Waals surface area contributed by atoms with E-state index in [2.05, 4.69) is 21.8 Å². The van der Waals surface area contributed by atoms with Crippen LogP contribution in [-0.4, -0.2) is 50.5 Å². The second kappa shape index (κ2) is 12.1. The van der Waals surface area contributed by atoms with Gasteiger partial charge in [0, 0.05) is 29.1 Å². The van der Waals surface area contributed by atoms with Crippen molar-refractivity contribution in [1.82, 2.24) is 4.72 Å². The Labute approximate surface area is 260 Å². The molecule has 232 valence electrons. The molecule has 4 aliphatic rings. The van der Waals surface area contributed by atoms with Gasteiger partial charge in [0.2, 0.25) is 10.0 Å². The average Bonchev–Trinajstić information content (AvgIpc) is 3.10. The van der Waals surface area contributed by atoms with Crippen molar-refractivity contribution in [3.63, 3.8) is 0 Å². The molecule has 2 aromatic carbocycles. The minimum Gasteiger partial charge on any atom is -0.490 e. The maximum absolute atomic E-state index is 13.5. The normalized spacial score (nSPS) is 32.8. The van der Waals surface area contributed by atoms with E-state index in [1.54, 1.807) is 18.2 Å².